The molecule has 0 aliphatic heterocycles. The van der Waals surface area contributed by atoms with Crippen molar-refractivity contribution in [3.8, 4) is 22.3 Å². The summed E-state index contributed by atoms with van der Waals surface area (Å²) in [6.07, 6.45) is 0. The zero-order valence-corrected chi connectivity index (χ0v) is 27.4. The summed E-state index contributed by atoms with van der Waals surface area (Å²) in [6, 6.07) is 59.4. The molecular weight excluding hydrogens is 595 g/mol. The van der Waals surface area contributed by atoms with Crippen molar-refractivity contribution in [2.24, 2.45) is 0 Å². The zero-order chi connectivity index (χ0) is 32.7. The van der Waals surface area contributed by atoms with Crippen LogP contribution in [0.3, 0.4) is 0 Å². The number of hydrogen-bond donors (Lipinski definition) is 0. The maximum atomic E-state index is 7.01. The number of hydrogen-bond acceptors (Lipinski definition) is 2. The molecule has 0 atom stereocenters. The molecule has 0 spiro atoms. The molecule has 1 aromatic heterocycles. The third-order valence-corrected chi connectivity index (χ3v) is 10.6. The molecule has 1 aliphatic carbocycles. The predicted molar refractivity (Wildman–Crippen MR) is 206 cm³/mol. The highest BCUT2D eigenvalue weighted by Gasteiger charge is 2.36. The summed E-state index contributed by atoms with van der Waals surface area (Å²) in [5.74, 6) is 0. The monoisotopic (exact) mass is 627 g/mol. The maximum Gasteiger partial charge on any atom is 0.145 e. The molecule has 1 aliphatic rings. The van der Waals surface area contributed by atoms with Gasteiger partial charge in [0.25, 0.3) is 0 Å². The minimum Gasteiger partial charge on any atom is -0.455 e. The Morgan fingerprint density at radius 1 is 0.449 bits per heavy atom. The number of furan rings is 1. The van der Waals surface area contributed by atoms with Gasteiger partial charge in [0.1, 0.15) is 11.2 Å². The van der Waals surface area contributed by atoms with Crippen molar-refractivity contribution in [3.05, 3.63) is 175 Å². The molecule has 0 saturated heterocycles. The largest absolute Gasteiger partial charge is 0.455 e. The number of fused-ring (bicyclic) bond motifs is 9. The first kappa shape index (κ1) is 27.9. The van der Waals surface area contributed by atoms with Crippen LogP contribution >= 0.6 is 0 Å². The highest BCUT2D eigenvalue weighted by atomic mass is 16.3. The van der Waals surface area contributed by atoms with Crippen molar-refractivity contribution in [1.82, 2.24) is 0 Å². The van der Waals surface area contributed by atoms with E-state index in [1.54, 1.807) is 0 Å². The standard InChI is InChI=1S/C47H33NO/c1-47(2)41-19-11-10-18-38(41)39-25-23-35(29-42(39)47)48(34-22-20-30-12-6-7-16-33(30)28-34)43-27-26-37(31-13-4-3-5-14-31)46-44(43)40-24-21-32-15-8-9-17-36(32)45(40)49-46/h3-29H,1-2H3. The van der Waals surface area contributed by atoms with E-state index in [4.69, 9.17) is 4.42 Å². The van der Waals surface area contributed by atoms with Crippen molar-refractivity contribution < 1.29 is 4.42 Å². The fourth-order valence-corrected chi connectivity index (χ4v) is 8.20. The molecule has 0 bridgehead atoms. The predicted octanol–water partition coefficient (Wildman–Crippen LogP) is 13.3. The Kier molecular flexibility index (Phi) is 5.95. The normalized spacial score (nSPS) is 13.3. The Balaban J connectivity index is 1.30. The molecule has 9 aromatic rings. The molecule has 49 heavy (non-hydrogen) atoms. The minimum absolute atomic E-state index is 0.120. The highest BCUT2D eigenvalue weighted by molar-refractivity contribution is 6.22. The molecule has 0 unspecified atom stereocenters. The fraction of sp³-hybridized carbons (Fsp3) is 0.0638. The van der Waals surface area contributed by atoms with Crippen molar-refractivity contribution in [2.45, 2.75) is 19.3 Å². The molecule has 0 N–H and O–H groups in total. The van der Waals surface area contributed by atoms with E-state index in [0.29, 0.717) is 0 Å². The Hall–Kier alpha value is -6.12. The van der Waals surface area contributed by atoms with Gasteiger partial charge in [0.15, 0.2) is 0 Å². The van der Waals surface area contributed by atoms with E-state index in [-0.39, 0.29) is 5.41 Å². The fourth-order valence-electron chi connectivity index (χ4n) is 8.20. The van der Waals surface area contributed by atoms with E-state index < -0.39 is 0 Å². The van der Waals surface area contributed by atoms with E-state index in [9.17, 15) is 0 Å². The lowest BCUT2D eigenvalue weighted by atomic mass is 9.82. The molecule has 0 amide bonds. The molecule has 232 valence electrons. The minimum atomic E-state index is -0.120. The van der Waals surface area contributed by atoms with E-state index in [2.05, 4.69) is 183 Å². The second-order valence-electron chi connectivity index (χ2n) is 13.7. The molecule has 0 saturated carbocycles. The summed E-state index contributed by atoms with van der Waals surface area (Å²) >= 11 is 0. The van der Waals surface area contributed by atoms with Gasteiger partial charge in [-0.1, -0.05) is 135 Å². The quantitative estimate of drug-likeness (QED) is 0.193. The average molecular weight is 628 g/mol. The van der Waals surface area contributed by atoms with E-state index >= 15 is 0 Å². The summed E-state index contributed by atoms with van der Waals surface area (Å²) in [5, 5.41) is 6.94. The molecule has 0 radical (unpaired) electrons. The van der Waals surface area contributed by atoms with Crippen LogP contribution < -0.4 is 4.90 Å². The number of nitrogens with zero attached hydrogens (tertiary/aromatic N) is 1. The second kappa shape index (κ2) is 10.4. The van der Waals surface area contributed by atoms with Gasteiger partial charge in [-0.05, 0) is 86.4 Å². The average Bonchev–Trinajstić information content (AvgIpc) is 3.65. The highest BCUT2D eigenvalue weighted by Crippen LogP contribution is 2.52. The maximum absolute atomic E-state index is 7.01. The Labute approximate surface area is 285 Å². The van der Waals surface area contributed by atoms with Crippen molar-refractivity contribution in [3.63, 3.8) is 0 Å². The first-order chi connectivity index (χ1) is 24.1. The SMILES string of the molecule is CC1(C)c2ccccc2-c2ccc(N(c3ccc4ccccc4c3)c3ccc(-c4ccccc4)c4oc5c6ccccc6ccc5c34)cc21. The van der Waals surface area contributed by atoms with Gasteiger partial charge >= 0.3 is 0 Å². The molecule has 0 fully saturated rings. The van der Waals surface area contributed by atoms with Gasteiger partial charge in [0.05, 0.1) is 11.1 Å². The molecule has 10 rings (SSSR count). The second-order valence-corrected chi connectivity index (χ2v) is 13.7. The lowest BCUT2D eigenvalue weighted by Crippen LogP contribution is -2.16. The van der Waals surface area contributed by atoms with Crippen LogP contribution in [0.25, 0.3) is 65.7 Å². The molecule has 8 aromatic carbocycles. The van der Waals surface area contributed by atoms with Crippen molar-refractivity contribution in [2.75, 3.05) is 4.90 Å². The molecule has 2 nitrogen and oxygen atoms in total. The van der Waals surface area contributed by atoms with Crippen molar-refractivity contribution >= 4 is 60.5 Å². The van der Waals surface area contributed by atoms with Gasteiger partial charge in [0, 0.05) is 33.1 Å². The Bertz CT molecular complexity index is 2750. The lowest BCUT2D eigenvalue weighted by molar-refractivity contribution is 0.660. The Morgan fingerprint density at radius 3 is 1.98 bits per heavy atom. The summed E-state index contributed by atoms with van der Waals surface area (Å²) < 4.78 is 7.01. The van der Waals surface area contributed by atoms with Gasteiger partial charge in [0.2, 0.25) is 0 Å². The first-order valence-electron chi connectivity index (χ1n) is 17.0. The lowest BCUT2D eigenvalue weighted by Gasteiger charge is -2.29. The van der Waals surface area contributed by atoms with Gasteiger partial charge < -0.3 is 9.32 Å². The molecule has 2 heteroatoms. The summed E-state index contributed by atoms with van der Waals surface area (Å²) in [6.45, 7) is 4.70. The number of rotatable bonds is 4. The van der Waals surface area contributed by atoms with E-state index in [1.807, 2.05) is 0 Å². The van der Waals surface area contributed by atoms with Gasteiger partial charge in [-0.15, -0.1) is 0 Å². The van der Waals surface area contributed by atoms with E-state index in [0.717, 1.165) is 55.5 Å². The van der Waals surface area contributed by atoms with Crippen LogP contribution in [0.15, 0.2) is 168 Å². The van der Waals surface area contributed by atoms with Crippen molar-refractivity contribution in [1.29, 1.82) is 0 Å². The van der Waals surface area contributed by atoms with Gasteiger partial charge in [-0.3, -0.25) is 0 Å². The van der Waals surface area contributed by atoms with E-state index in [1.165, 1.54) is 38.4 Å². The first-order valence-corrected chi connectivity index (χ1v) is 17.0. The van der Waals surface area contributed by atoms with Crippen LogP contribution in [0, 0.1) is 0 Å². The smallest absolute Gasteiger partial charge is 0.145 e. The Morgan fingerprint density at radius 2 is 1.10 bits per heavy atom. The van der Waals surface area contributed by atoms with Gasteiger partial charge in [-0.2, -0.15) is 0 Å². The topological polar surface area (TPSA) is 16.4 Å². The van der Waals surface area contributed by atoms with Crippen LogP contribution in [-0.4, -0.2) is 0 Å². The molecule has 1 heterocycles. The van der Waals surface area contributed by atoms with Crippen LogP contribution in [0.2, 0.25) is 0 Å². The third-order valence-electron chi connectivity index (χ3n) is 10.6. The summed E-state index contributed by atoms with van der Waals surface area (Å²) in [7, 11) is 0. The third kappa shape index (κ3) is 4.14. The van der Waals surface area contributed by atoms with Crippen LogP contribution in [0.4, 0.5) is 17.1 Å². The zero-order valence-electron chi connectivity index (χ0n) is 27.4. The molecular formula is C47H33NO. The van der Waals surface area contributed by atoms with Crippen LogP contribution in [-0.2, 0) is 5.41 Å². The van der Waals surface area contributed by atoms with Crippen LogP contribution in [0.1, 0.15) is 25.0 Å². The number of benzene rings is 8. The summed E-state index contributed by atoms with van der Waals surface area (Å²) in [5.41, 5.74) is 12.6. The summed E-state index contributed by atoms with van der Waals surface area (Å²) in [4.78, 5) is 2.44. The van der Waals surface area contributed by atoms with Crippen LogP contribution in [0.5, 0.6) is 0 Å². The number of anilines is 3. The van der Waals surface area contributed by atoms with Gasteiger partial charge in [-0.25, -0.2) is 0 Å².